The number of rotatable bonds is 5. The predicted octanol–water partition coefficient (Wildman–Crippen LogP) is 3.02. The summed E-state index contributed by atoms with van der Waals surface area (Å²) in [4.78, 5) is 4.25. The minimum absolute atomic E-state index is 0.695. The molecule has 19 heavy (non-hydrogen) atoms. The van der Waals surface area contributed by atoms with Gasteiger partial charge in [0.05, 0.1) is 25.6 Å². The van der Waals surface area contributed by atoms with E-state index in [4.69, 9.17) is 9.47 Å². The molecule has 4 heteroatoms. The maximum atomic E-state index is 5.25. The second kappa shape index (κ2) is 6.09. The standard InChI is InChI=1S/C15H18N2O2/c1-11-15(5-4-6-16-11)17-10-12-7-13(18-2)9-14(8-12)19-3/h4-9,17H,10H2,1-3H3. The number of hydrogen-bond donors (Lipinski definition) is 1. The van der Waals surface area contributed by atoms with Crippen molar-refractivity contribution in [2.24, 2.45) is 0 Å². The van der Waals surface area contributed by atoms with Gasteiger partial charge in [-0.05, 0) is 36.8 Å². The molecule has 0 fully saturated rings. The van der Waals surface area contributed by atoms with Crippen LogP contribution in [0.2, 0.25) is 0 Å². The molecule has 0 spiro atoms. The lowest BCUT2D eigenvalue weighted by Crippen LogP contribution is -2.02. The molecule has 0 aliphatic carbocycles. The second-order valence-electron chi connectivity index (χ2n) is 4.21. The van der Waals surface area contributed by atoms with Gasteiger partial charge in [-0.1, -0.05) is 0 Å². The molecule has 4 nitrogen and oxygen atoms in total. The largest absolute Gasteiger partial charge is 0.497 e. The number of methoxy groups -OCH3 is 2. The first kappa shape index (κ1) is 13.2. The number of pyridine rings is 1. The van der Waals surface area contributed by atoms with Gasteiger partial charge in [-0.25, -0.2) is 0 Å². The van der Waals surface area contributed by atoms with Crippen molar-refractivity contribution in [3.8, 4) is 11.5 Å². The number of ether oxygens (including phenoxy) is 2. The number of benzene rings is 1. The van der Waals surface area contributed by atoms with Crippen molar-refractivity contribution in [3.05, 3.63) is 47.8 Å². The van der Waals surface area contributed by atoms with Crippen LogP contribution in [-0.4, -0.2) is 19.2 Å². The van der Waals surface area contributed by atoms with Crippen LogP contribution in [0.3, 0.4) is 0 Å². The first-order chi connectivity index (χ1) is 9.22. The molecule has 100 valence electrons. The Morgan fingerprint density at radius 3 is 2.37 bits per heavy atom. The van der Waals surface area contributed by atoms with E-state index in [9.17, 15) is 0 Å². The van der Waals surface area contributed by atoms with E-state index in [0.29, 0.717) is 6.54 Å². The number of anilines is 1. The number of nitrogens with zero attached hydrogens (tertiary/aromatic N) is 1. The average Bonchev–Trinajstić information content (AvgIpc) is 2.46. The molecule has 1 N–H and O–H groups in total. The van der Waals surface area contributed by atoms with Crippen LogP contribution in [0.15, 0.2) is 36.5 Å². The molecule has 0 unspecified atom stereocenters. The van der Waals surface area contributed by atoms with E-state index in [1.165, 1.54) is 0 Å². The number of aromatic nitrogens is 1. The molecule has 1 heterocycles. The molecule has 0 saturated carbocycles. The lowest BCUT2D eigenvalue weighted by Gasteiger charge is -2.11. The van der Waals surface area contributed by atoms with Crippen LogP contribution in [0, 0.1) is 6.92 Å². The Kier molecular flexibility index (Phi) is 4.23. The number of aryl methyl sites for hydroxylation is 1. The molecule has 0 atom stereocenters. The normalized spacial score (nSPS) is 10.1. The zero-order valence-corrected chi connectivity index (χ0v) is 11.4. The van der Waals surface area contributed by atoms with Crippen molar-refractivity contribution in [3.63, 3.8) is 0 Å². The third-order valence-electron chi connectivity index (χ3n) is 2.90. The second-order valence-corrected chi connectivity index (χ2v) is 4.21. The van der Waals surface area contributed by atoms with E-state index in [1.54, 1.807) is 20.4 Å². The van der Waals surface area contributed by atoms with Crippen molar-refractivity contribution in [2.45, 2.75) is 13.5 Å². The van der Waals surface area contributed by atoms with Crippen LogP contribution in [-0.2, 0) is 6.54 Å². The molecule has 0 amide bonds. The average molecular weight is 258 g/mol. The summed E-state index contributed by atoms with van der Waals surface area (Å²) in [6.07, 6.45) is 1.79. The summed E-state index contributed by atoms with van der Waals surface area (Å²) in [6, 6.07) is 9.77. The zero-order valence-electron chi connectivity index (χ0n) is 11.4. The minimum Gasteiger partial charge on any atom is -0.497 e. The first-order valence-corrected chi connectivity index (χ1v) is 6.10. The quantitative estimate of drug-likeness (QED) is 0.895. The fraction of sp³-hybridized carbons (Fsp3) is 0.267. The van der Waals surface area contributed by atoms with E-state index >= 15 is 0 Å². The van der Waals surface area contributed by atoms with Gasteiger partial charge in [0.1, 0.15) is 11.5 Å². The molecular weight excluding hydrogens is 240 g/mol. The van der Waals surface area contributed by atoms with E-state index in [-0.39, 0.29) is 0 Å². The van der Waals surface area contributed by atoms with E-state index in [0.717, 1.165) is 28.4 Å². The SMILES string of the molecule is COc1cc(CNc2cccnc2C)cc(OC)c1. The molecule has 2 aromatic rings. The Balaban J connectivity index is 2.13. The topological polar surface area (TPSA) is 43.4 Å². The van der Waals surface area contributed by atoms with Crippen LogP contribution in [0.5, 0.6) is 11.5 Å². The van der Waals surface area contributed by atoms with Gasteiger partial charge in [0.2, 0.25) is 0 Å². The van der Waals surface area contributed by atoms with Crippen molar-refractivity contribution in [1.82, 2.24) is 4.98 Å². The van der Waals surface area contributed by atoms with Gasteiger partial charge in [-0.15, -0.1) is 0 Å². The van der Waals surface area contributed by atoms with Gasteiger partial charge < -0.3 is 14.8 Å². The molecule has 1 aromatic heterocycles. The van der Waals surface area contributed by atoms with Crippen molar-refractivity contribution < 1.29 is 9.47 Å². The van der Waals surface area contributed by atoms with Crippen molar-refractivity contribution in [1.29, 1.82) is 0 Å². The van der Waals surface area contributed by atoms with E-state index in [1.807, 2.05) is 37.3 Å². The summed E-state index contributed by atoms with van der Waals surface area (Å²) in [5, 5.41) is 3.36. The molecule has 0 saturated heterocycles. The Hall–Kier alpha value is -2.23. The third kappa shape index (κ3) is 3.37. The third-order valence-corrected chi connectivity index (χ3v) is 2.90. The highest BCUT2D eigenvalue weighted by Crippen LogP contribution is 2.23. The van der Waals surface area contributed by atoms with Crippen LogP contribution in [0.4, 0.5) is 5.69 Å². The lowest BCUT2D eigenvalue weighted by atomic mass is 10.2. The lowest BCUT2D eigenvalue weighted by molar-refractivity contribution is 0.393. The maximum Gasteiger partial charge on any atom is 0.122 e. The highest BCUT2D eigenvalue weighted by molar-refractivity contribution is 5.48. The van der Waals surface area contributed by atoms with Gasteiger partial charge in [-0.3, -0.25) is 4.98 Å². The number of nitrogens with one attached hydrogen (secondary N) is 1. The summed E-state index contributed by atoms with van der Waals surface area (Å²) in [6.45, 7) is 2.68. The van der Waals surface area contributed by atoms with Crippen molar-refractivity contribution in [2.75, 3.05) is 19.5 Å². The highest BCUT2D eigenvalue weighted by atomic mass is 16.5. The maximum absolute atomic E-state index is 5.25. The van der Waals surface area contributed by atoms with Gasteiger partial charge in [0, 0.05) is 18.8 Å². The molecule has 2 rings (SSSR count). The molecule has 0 bridgehead atoms. The minimum atomic E-state index is 0.695. The summed E-state index contributed by atoms with van der Waals surface area (Å²) >= 11 is 0. The van der Waals surface area contributed by atoms with Crippen LogP contribution in [0.25, 0.3) is 0 Å². The number of hydrogen-bond acceptors (Lipinski definition) is 4. The first-order valence-electron chi connectivity index (χ1n) is 6.10. The fourth-order valence-electron chi connectivity index (χ4n) is 1.84. The predicted molar refractivity (Wildman–Crippen MR) is 75.8 cm³/mol. The highest BCUT2D eigenvalue weighted by Gasteiger charge is 2.03. The van der Waals surface area contributed by atoms with Crippen molar-refractivity contribution >= 4 is 5.69 Å². The summed E-state index contributed by atoms with van der Waals surface area (Å²) in [5.74, 6) is 1.58. The zero-order chi connectivity index (χ0) is 13.7. The molecule has 0 aliphatic rings. The van der Waals surface area contributed by atoms with Gasteiger partial charge in [-0.2, -0.15) is 0 Å². The summed E-state index contributed by atoms with van der Waals surface area (Å²) in [7, 11) is 3.30. The smallest absolute Gasteiger partial charge is 0.122 e. The Labute approximate surface area is 113 Å². The van der Waals surface area contributed by atoms with Gasteiger partial charge >= 0.3 is 0 Å². The molecule has 1 aromatic carbocycles. The van der Waals surface area contributed by atoms with Crippen LogP contribution < -0.4 is 14.8 Å². The van der Waals surface area contributed by atoms with E-state index < -0.39 is 0 Å². The summed E-state index contributed by atoms with van der Waals surface area (Å²) in [5.41, 5.74) is 3.11. The van der Waals surface area contributed by atoms with Gasteiger partial charge in [0.15, 0.2) is 0 Å². The van der Waals surface area contributed by atoms with Crippen LogP contribution in [0.1, 0.15) is 11.3 Å². The van der Waals surface area contributed by atoms with E-state index in [2.05, 4.69) is 10.3 Å². The Morgan fingerprint density at radius 2 is 1.79 bits per heavy atom. The summed E-state index contributed by atoms with van der Waals surface area (Å²) < 4.78 is 10.5. The monoisotopic (exact) mass is 258 g/mol. The molecule has 0 radical (unpaired) electrons. The fourth-order valence-corrected chi connectivity index (χ4v) is 1.84. The van der Waals surface area contributed by atoms with Crippen LogP contribution >= 0.6 is 0 Å². The Bertz CT molecular complexity index is 533. The van der Waals surface area contributed by atoms with Gasteiger partial charge in [0.25, 0.3) is 0 Å². The molecular formula is C15H18N2O2. The Morgan fingerprint density at radius 1 is 1.11 bits per heavy atom. The molecule has 0 aliphatic heterocycles.